The second kappa shape index (κ2) is 7.08. The molecule has 1 unspecified atom stereocenters. The lowest BCUT2D eigenvalue weighted by Gasteiger charge is -2.28. The van der Waals surface area contributed by atoms with Crippen LogP contribution in [-0.4, -0.2) is 61.7 Å². The van der Waals surface area contributed by atoms with Gasteiger partial charge in [0.05, 0.1) is 6.07 Å². The smallest absolute Gasteiger partial charge is 0.108 e. The molecule has 0 amide bonds. The lowest BCUT2D eigenvalue weighted by atomic mass is 9.92. The third-order valence-corrected chi connectivity index (χ3v) is 3.84. The predicted octanol–water partition coefficient (Wildman–Crippen LogP) is 1.29. The van der Waals surface area contributed by atoms with Gasteiger partial charge in [0.1, 0.15) is 5.54 Å². The van der Waals surface area contributed by atoms with E-state index in [-0.39, 0.29) is 5.54 Å². The van der Waals surface area contributed by atoms with Crippen LogP contribution in [0.3, 0.4) is 0 Å². The summed E-state index contributed by atoms with van der Waals surface area (Å²) in [5, 5.41) is 13.0. The number of hydrogen-bond donors (Lipinski definition) is 1. The van der Waals surface area contributed by atoms with Crippen LogP contribution in [0.1, 0.15) is 33.1 Å². The molecule has 1 heterocycles. The lowest BCUT2D eigenvalue weighted by molar-refractivity contribution is 0.225. The van der Waals surface area contributed by atoms with E-state index in [9.17, 15) is 5.26 Å². The van der Waals surface area contributed by atoms with Crippen LogP contribution in [-0.2, 0) is 0 Å². The zero-order valence-electron chi connectivity index (χ0n) is 12.4. The van der Waals surface area contributed by atoms with E-state index in [2.05, 4.69) is 49.1 Å². The molecule has 104 valence electrons. The van der Waals surface area contributed by atoms with Gasteiger partial charge in [-0.15, -0.1) is 0 Å². The lowest BCUT2D eigenvalue weighted by Crippen LogP contribution is -2.47. The molecule has 0 radical (unpaired) electrons. The number of nitrogens with zero attached hydrogens (tertiary/aromatic N) is 3. The standard InChI is InChI=1S/C14H28N4/c1-13(2)18-9-5-6-14(12-15,7-10-18)16-8-11-17(3)4/h13,16H,5-11H2,1-4H3. The van der Waals surface area contributed by atoms with Gasteiger partial charge in [-0.25, -0.2) is 0 Å². The molecule has 4 heteroatoms. The van der Waals surface area contributed by atoms with Crippen LogP contribution in [0, 0.1) is 11.3 Å². The highest BCUT2D eigenvalue weighted by Gasteiger charge is 2.32. The van der Waals surface area contributed by atoms with Crippen LogP contribution >= 0.6 is 0 Å². The first-order valence-corrected chi connectivity index (χ1v) is 7.04. The van der Waals surface area contributed by atoms with E-state index >= 15 is 0 Å². The van der Waals surface area contributed by atoms with Crippen molar-refractivity contribution in [3.8, 4) is 6.07 Å². The van der Waals surface area contributed by atoms with E-state index in [0.29, 0.717) is 6.04 Å². The Hall–Kier alpha value is -0.630. The van der Waals surface area contributed by atoms with E-state index in [1.54, 1.807) is 0 Å². The van der Waals surface area contributed by atoms with Gasteiger partial charge in [-0.3, -0.25) is 5.32 Å². The van der Waals surface area contributed by atoms with E-state index in [4.69, 9.17) is 0 Å². The Balaban J connectivity index is 2.52. The SMILES string of the molecule is CC(C)N1CCCC(C#N)(NCCN(C)C)CC1. The molecular weight excluding hydrogens is 224 g/mol. The molecule has 1 saturated heterocycles. The summed E-state index contributed by atoms with van der Waals surface area (Å²) in [6, 6.07) is 3.12. The van der Waals surface area contributed by atoms with Gasteiger partial charge in [0, 0.05) is 25.7 Å². The summed E-state index contributed by atoms with van der Waals surface area (Å²) in [6.45, 7) is 8.49. The van der Waals surface area contributed by atoms with Gasteiger partial charge in [-0.1, -0.05) is 0 Å². The Bertz CT molecular complexity index is 282. The second-order valence-electron chi connectivity index (χ2n) is 5.91. The van der Waals surface area contributed by atoms with Crippen LogP contribution < -0.4 is 5.32 Å². The van der Waals surface area contributed by atoms with E-state index in [1.807, 2.05) is 0 Å². The third kappa shape index (κ3) is 4.56. The van der Waals surface area contributed by atoms with E-state index in [1.165, 1.54) is 0 Å². The summed E-state index contributed by atoms with van der Waals surface area (Å²) < 4.78 is 0. The van der Waals surface area contributed by atoms with Crippen LogP contribution in [0.5, 0.6) is 0 Å². The average molecular weight is 252 g/mol. The third-order valence-electron chi connectivity index (χ3n) is 3.84. The maximum absolute atomic E-state index is 9.51. The molecule has 0 aromatic rings. The van der Waals surface area contributed by atoms with Gasteiger partial charge in [-0.2, -0.15) is 5.26 Å². The molecule has 1 rings (SSSR count). The summed E-state index contributed by atoms with van der Waals surface area (Å²) in [4.78, 5) is 4.63. The first kappa shape index (κ1) is 15.4. The number of rotatable bonds is 5. The molecular formula is C14H28N4. The minimum absolute atomic E-state index is 0.306. The first-order valence-electron chi connectivity index (χ1n) is 7.04. The van der Waals surface area contributed by atoms with Crippen molar-refractivity contribution in [1.29, 1.82) is 5.26 Å². The van der Waals surface area contributed by atoms with E-state index in [0.717, 1.165) is 45.4 Å². The molecule has 0 aromatic heterocycles. The van der Waals surface area contributed by atoms with Crippen molar-refractivity contribution < 1.29 is 0 Å². The fraction of sp³-hybridized carbons (Fsp3) is 0.929. The van der Waals surface area contributed by atoms with Gasteiger partial charge >= 0.3 is 0 Å². The van der Waals surface area contributed by atoms with Gasteiger partial charge in [0.25, 0.3) is 0 Å². The van der Waals surface area contributed by atoms with Crippen molar-refractivity contribution in [1.82, 2.24) is 15.1 Å². The van der Waals surface area contributed by atoms with Crippen molar-refractivity contribution in [2.45, 2.75) is 44.7 Å². The number of hydrogen-bond acceptors (Lipinski definition) is 4. The fourth-order valence-electron chi connectivity index (χ4n) is 2.52. The first-order chi connectivity index (χ1) is 8.49. The zero-order valence-corrected chi connectivity index (χ0v) is 12.4. The molecule has 0 spiro atoms. The Labute approximate surface area is 112 Å². The summed E-state index contributed by atoms with van der Waals surface area (Å²) in [5.74, 6) is 0. The maximum Gasteiger partial charge on any atom is 0.108 e. The molecule has 0 aliphatic carbocycles. The highest BCUT2D eigenvalue weighted by molar-refractivity contribution is 5.08. The normalized spacial score (nSPS) is 26.3. The van der Waals surface area contributed by atoms with Crippen molar-refractivity contribution in [2.24, 2.45) is 0 Å². The number of likely N-dealkylation sites (tertiary alicyclic amines) is 1. The molecule has 4 nitrogen and oxygen atoms in total. The van der Waals surface area contributed by atoms with Crippen molar-refractivity contribution in [2.75, 3.05) is 40.3 Å². The minimum Gasteiger partial charge on any atom is -0.308 e. The summed E-state index contributed by atoms with van der Waals surface area (Å²) in [7, 11) is 4.13. The summed E-state index contributed by atoms with van der Waals surface area (Å²) in [6.07, 6.45) is 3.02. The highest BCUT2D eigenvalue weighted by atomic mass is 15.2. The quantitative estimate of drug-likeness (QED) is 0.801. The molecule has 0 saturated carbocycles. The molecule has 0 bridgehead atoms. The van der Waals surface area contributed by atoms with Crippen LogP contribution in [0.25, 0.3) is 0 Å². The van der Waals surface area contributed by atoms with Gasteiger partial charge in [0.15, 0.2) is 0 Å². The molecule has 1 N–H and O–H groups in total. The molecule has 1 aliphatic rings. The summed E-state index contributed by atoms with van der Waals surface area (Å²) >= 11 is 0. The van der Waals surface area contributed by atoms with E-state index < -0.39 is 0 Å². The predicted molar refractivity (Wildman–Crippen MR) is 75.5 cm³/mol. The van der Waals surface area contributed by atoms with Crippen LogP contribution in [0.2, 0.25) is 0 Å². The van der Waals surface area contributed by atoms with Crippen molar-refractivity contribution >= 4 is 0 Å². The molecule has 18 heavy (non-hydrogen) atoms. The number of nitrogens with one attached hydrogen (secondary N) is 1. The summed E-state index contributed by atoms with van der Waals surface area (Å²) in [5.41, 5.74) is -0.306. The van der Waals surface area contributed by atoms with Gasteiger partial charge in [0.2, 0.25) is 0 Å². The number of nitriles is 1. The largest absolute Gasteiger partial charge is 0.308 e. The van der Waals surface area contributed by atoms with Crippen molar-refractivity contribution in [3.05, 3.63) is 0 Å². The fourth-order valence-corrected chi connectivity index (χ4v) is 2.52. The highest BCUT2D eigenvalue weighted by Crippen LogP contribution is 2.22. The molecule has 1 fully saturated rings. The Morgan fingerprint density at radius 2 is 2.06 bits per heavy atom. The second-order valence-corrected chi connectivity index (χ2v) is 5.91. The van der Waals surface area contributed by atoms with Gasteiger partial charge in [-0.05, 0) is 53.8 Å². The van der Waals surface area contributed by atoms with Crippen molar-refractivity contribution in [3.63, 3.8) is 0 Å². The molecule has 0 aromatic carbocycles. The Morgan fingerprint density at radius 3 is 2.61 bits per heavy atom. The average Bonchev–Trinajstić information content (AvgIpc) is 2.52. The van der Waals surface area contributed by atoms with Crippen LogP contribution in [0.4, 0.5) is 0 Å². The minimum atomic E-state index is -0.306. The number of likely N-dealkylation sites (N-methyl/N-ethyl adjacent to an activating group) is 1. The van der Waals surface area contributed by atoms with Gasteiger partial charge < -0.3 is 9.80 Å². The molecule has 1 atom stereocenters. The Morgan fingerprint density at radius 1 is 1.33 bits per heavy atom. The Kier molecular flexibility index (Phi) is 6.07. The topological polar surface area (TPSA) is 42.3 Å². The zero-order chi connectivity index (χ0) is 13.6. The maximum atomic E-state index is 9.51. The monoisotopic (exact) mass is 252 g/mol. The molecule has 1 aliphatic heterocycles. The van der Waals surface area contributed by atoms with Crippen LogP contribution in [0.15, 0.2) is 0 Å².